The monoisotopic (exact) mass is 334 g/mol. The van der Waals surface area contributed by atoms with Crippen LogP contribution in [0.5, 0.6) is 11.5 Å². The number of nitrogens with zero attached hydrogens (tertiary/aromatic N) is 1. The highest BCUT2D eigenvalue weighted by Crippen LogP contribution is 2.35. The minimum atomic E-state index is -0.450. The molecule has 3 rings (SSSR count). The predicted molar refractivity (Wildman–Crippen MR) is 95.6 cm³/mol. The summed E-state index contributed by atoms with van der Waals surface area (Å²) >= 11 is 0. The van der Waals surface area contributed by atoms with E-state index < -0.39 is 5.91 Å². The molecule has 0 atom stereocenters. The fourth-order valence-corrected chi connectivity index (χ4v) is 2.71. The Hall–Kier alpha value is -3.26. The van der Waals surface area contributed by atoms with E-state index in [0.29, 0.717) is 30.3 Å². The highest BCUT2D eigenvalue weighted by molar-refractivity contribution is 6.10. The number of aryl methyl sites for hydroxylation is 2. The van der Waals surface area contributed by atoms with Gasteiger partial charge in [0.25, 0.3) is 5.91 Å². The number of carbonyl (C=O) groups excluding carboxylic acids is 1. The Balaban J connectivity index is 1.91. The first kappa shape index (κ1) is 16.6. The van der Waals surface area contributed by atoms with Crippen LogP contribution in [0, 0.1) is 25.2 Å². The first-order chi connectivity index (χ1) is 12.1. The van der Waals surface area contributed by atoms with E-state index in [1.807, 2.05) is 38.1 Å². The summed E-state index contributed by atoms with van der Waals surface area (Å²) in [7, 11) is 0. The van der Waals surface area contributed by atoms with E-state index in [2.05, 4.69) is 5.32 Å². The largest absolute Gasteiger partial charge is 0.486 e. The van der Waals surface area contributed by atoms with E-state index in [4.69, 9.17) is 9.47 Å². The predicted octanol–water partition coefficient (Wildman–Crippen LogP) is 3.62. The first-order valence-corrected chi connectivity index (χ1v) is 7.98. The molecule has 1 amide bonds. The second-order valence-electron chi connectivity index (χ2n) is 5.76. The summed E-state index contributed by atoms with van der Waals surface area (Å²) < 4.78 is 11.2. The molecule has 126 valence electrons. The maximum Gasteiger partial charge on any atom is 0.266 e. The Labute approximate surface area is 146 Å². The van der Waals surface area contributed by atoms with Gasteiger partial charge in [-0.3, -0.25) is 4.79 Å². The van der Waals surface area contributed by atoms with E-state index in [9.17, 15) is 10.1 Å². The number of nitriles is 1. The van der Waals surface area contributed by atoms with Gasteiger partial charge in [-0.1, -0.05) is 30.3 Å². The van der Waals surface area contributed by atoms with Gasteiger partial charge in [0.2, 0.25) is 0 Å². The van der Waals surface area contributed by atoms with E-state index in [1.54, 1.807) is 18.2 Å². The quantitative estimate of drug-likeness (QED) is 0.687. The number of nitrogens with one attached hydrogen (secondary N) is 1. The maximum absolute atomic E-state index is 12.5. The van der Waals surface area contributed by atoms with E-state index in [1.165, 1.54) is 6.08 Å². The van der Waals surface area contributed by atoms with Crippen molar-refractivity contribution in [3.63, 3.8) is 0 Å². The number of anilines is 1. The van der Waals surface area contributed by atoms with Gasteiger partial charge < -0.3 is 14.8 Å². The highest BCUT2D eigenvalue weighted by Gasteiger charge is 2.17. The van der Waals surface area contributed by atoms with Crippen LogP contribution in [0.15, 0.2) is 42.0 Å². The summed E-state index contributed by atoms with van der Waals surface area (Å²) in [6.45, 7) is 4.75. The number of amides is 1. The molecule has 0 radical (unpaired) electrons. The van der Waals surface area contributed by atoms with Crippen LogP contribution in [-0.2, 0) is 4.79 Å². The van der Waals surface area contributed by atoms with Crippen LogP contribution in [0.2, 0.25) is 0 Å². The summed E-state index contributed by atoms with van der Waals surface area (Å²) in [5, 5.41) is 12.3. The van der Waals surface area contributed by atoms with Crippen LogP contribution in [0.1, 0.15) is 16.7 Å². The molecule has 0 aliphatic carbocycles. The molecule has 0 saturated carbocycles. The second-order valence-corrected chi connectivity index (χ2v) is 5.76. The van der Waals surface area contributed by atoms with Crippen molar-refractivity contribution in [3.8, 4) is 17.6 Å². The van der Waals surface area contributed by atoms with Gasteiger partial charge in [0.1, 0.15) is 24.9 Å². The lowest BCUT2D eigenvalue weighted by Gasteiger charge is -2.20. The number of ether oxygens (including phenoxy) is 2. The van der Waals surface area contributed by atoms with Crippen molar-refractivity contribution >= 4 is 17.7 Å². The standard InChI is InChI=1S/C20H18N2O3/c1-13-5-3-6-14(2)18(13)22-20(23)16(12-21)11-15-7-4-8-17-19(15)25-10-9-24-17/h3-8,11H,9-10H2,1-2H3,(H,22,23)/b16-11-. The van der Waals surface area contributed by atoms with E-state index in [0.717, 1.165) is 16.8 Å². The zero-order valence-electron chi connectivity index (χ0n) is 14.1. The Morgan fingerprint density at radius 2 is 1.80 bits per heavy atom. The summed E-state index contributed by atoms with van der Waals surface area (Å²) in [5.74, 6) is 0.725. The lowest BCUT2D eigenvalue weighted by molar-refractivity contribution is -0.112. The van der Waals surface area contributed by atoms with Crippen molar-refractivity contribution in [2.75, 3.05) is 18.5 Å². The van der Waals surface area contributed by atoms with Crippen LogP contribution in [0.4, 0.5) is 5.69 Å². The van der Waals surface area contributed by atoms with Crippen LogP contribution >= 0.6 is 0 Å². The van der Waals surface area contributed by atoms with Crippen molar-refractivity contribution in [3.05, 3.63) is 58.7 Å². The summed E-state index contributed by atoms with van der Waals surface area (Å²) in [5.41, 5.74) is 3.26. The number of benzene rings is 2. The Morgan fingerprint density at radius 1 is 1.12 bits per heavy atom. The fourth-order valence-electron chi connectivity index (χ4n) is 2.71. The fraction of sp³-hybridized carbons (Fsp3) is 0.200. The molecule has 2 aromatic carbocycles. The Morgan fingerprint density at radius 3 is 2.52 bits per heavy atom. The van der Waals surface area contributed by atoms with Crippen molar-refractivity contribution in [1.29, 1.82) is 5.26 Å². The van der Waals surface area contributed by atoms with Crippen LogP contribution in [0.25, 0.3) is 6.08 Å². The van der Waals surface area contributed by atoms with Crippen molar-refractivity contribution in [2.45, 2.75) is 13.8 Å². The molecular formula is C20H18N2O3. The number of para-hydroxylation sites is 2. The number of carbonyl (C=O) groups is 1. The van der Waals surface area contributed by atoms with Crippen molar-refractivity contribution in [1.82, 2.24) is 0 Å². The molecule has 0 saturated heterocycles. The highest BCUT2D eigenvalue weighted by atomic mass is 16.6. The molecule has 5 nitrogen and oxygen atoms in total. The first-order valence-electron chi connectivity index (χ1n) is 7.98. The minimum Gasteiger partial charge on any atom is -0.486 e. The smallest absolute Gasteiger partial charge is 0.266 e. The Bertz CT molecular complexity index is 874. The average Bonchev–Trinajstić information content (AvgIpc) is 2.62. The van der Waals surface area contributed by atoms with Gasteiger partial charge in [-0.2, -0.15) is 5.26 Å². The lowest BCUT2D eigenvalue weighted by Crippen LogP contribution is -2.17. The summed E-state index contributed by atoms with van der Waals surface area (Å²) in [6, 6.07) is 13.1. The maximum atomic E-state index is 12.5. The molecule has 1 aliphatic rings. The van der Waals surface area contributed by atoms with E-state index in [-0.39, 0.29) is 5.57 Å². The van der Waals surface area contributed by atoms with Gasteiger partial charge in [0.05, 0.1) is 0 Å². The second kappa shape index (κ2) is 7.10. The third-order valence-corrected chi connectivity index (χ3v) is 3.98. The normalized spacial score (nSPS) is 13.1. The third-order valence-electron chi connectivity index (χ3n) is 3.98. The zero-order valence-corrected chi connectivity index (χ0v) is 14.1. The van der Waals surface area contributed by atoms with Gasteiger partial charge in [-0.15, -0.1) is 0 Å². The van der Waals surface area contributed by atoms with Gasteiger partial charge >= 0.3 is 0 Å². The molecule has 0 aromatic heterocycles. The molecule has 1 N–H and O–H groups in total. The number of hydrogen-bond donors (Lipinski definition) is 1. The van der Waals surface area contributed by atoms with Crippen molar-refractivity contribution < 1.29 is 14.3 Å². The molecule has 0 bridgehead atoms. The summed E-state index contributed by atoms with van der Waals surface area (Å²) in [4.78, 5) is 12.5. The average molecular weight is 334 g/mol. The third kappa shape index (κ3) is 3.48. The molecule has 1 aliphatic heterocycles. The molecule has 0 fully saturated rings. The summed E-state index contributed by atoms with van der Waals surface area (Å²) in [6.07, 6.45) is 1.52. The lowest BCUT2D eigenvalue weighted by atomic mass is 10.1. The SMILES string of the molecule is Cc1cccc(C)c1NC(=O)/C(C#N)=C\c1cccc2c1OCCO2. The molecule has 5 heteroatoms. The van der Waals surface area contributed by atoms with Gasteiger partial charge in [0.15, 0.2) is 11.5 Å². The Kier molecular flexibility index (Phi) is 4.71. The minimum absolute atomic E-state index is 0.00484. The number of hydrogen-bond acceptors (Lipinski definition) is 4. The topological polar surface area (TPSA) is 71.4 Å². The molecule has 2 aromatic rings. The van der Waals surface area contributed by atoms with Crippen LogP contribution in [0.3, 0.4) is 0 Å². The van der Waals surface area contributed by atoms with Crippen LogP contribution < -0.4 is 14.8 Å². The van der Waals surface area contributed by atoms with Crippen molar-refractivity contribution in [2.24, 2.45) is 0 Å². The molecule has 0 spiro atoms. The molecular weight excluding hydrogens is 316 g/mol. The molecule has 1 heterocycles. The van der Waals surface area contributed by atoms with Gasteiger partial charge in [-0.05, 0) is 37.1 Å². The van der Waals surface area contributed by atoms with Gasteiger partial charge in [-0.25, -0.2) is 0 Å². The zero-order chi connectivity index (χ0) is 17.8. The van der Waals surface area contributed by atoms with Gasteiger partial charge in [0, 0.05) is 11.3 Å². The molecule has 25 heavy (non-hydrogen) atoms. The number of fused-ring (bicyclic) bond motifs is 1. The van der Waals surface area contributed by atoms with E-state index >= 15 is 0 Å². The molecule has 0 unspecified atom stereocenters. The number of rotatable bonds is 3. The van der Waals surface area contributed by atoms with Crippen LogP contribution in [-0.4, -0.2) is 19.1 Å².